The largest absolute Gasteiger partial charge is 0.454 e. The Kier molecular flexibility index (Phi) is 6.32. The highest BCUT2D eigenvalue weighted by Gasteiger charge is 2.57. The van der Waals surface area contributed by atoms with Crippen molar-refractivity contribution in [2.75, 3.05) is 0 Å². The number of alkyl halides is 3. The molecule has 0 spiro atoms. The van der Waals surface area contributed by atoms with E-state index in [9.17, 15) is 31.2 Å². The van der Waals surface area contributed by atoms with Crippen LogP contribution in [0.5, 0.6) is 11.5 Å². The fourth-order valence-corrected chi connectivity index (χ4v) is 5.29. The Morgan fingerprint density at radius 3 is 2.28 bits per heavy atom. The van der Waals surface area contributed by atoms with Gasteiger partial charge in [-0.25, -0.2) is 17.8 Å². The summed E-state index contributed by atoms with van der Waals surface area (Å²) in [5.74, 6) is -0.789. The lowest BCUT2D eigenvalue weighted by Crippen LogP contribution is -2.46. The van der Waals surface area contributed by atoms with Gasteiger partial charge < -0.3 is 9.94 Å². The Morgan fingerprint density at radius 2 is 1.64 bits per heavy atom. The summed E-state index contributed by atoms with van der Waals surface area (Å²) in [7, 11) is -4.92. The molecule has 4 rings (SSSR count). The second-order valence-corrected chi connectivity index (χ2v) is 12.0. The fraction of sp³-hybridized carbons (Fsp3) is 0.208. The molecule has 0 fully saturated rings. The van der Waals surface area contributed by atoms with Gasteiger partial charge in [0.1, 0.15) is 5.75 Å². The summed E-state index contributed by atoms with van der Waals surface area (Å²) in [6.07, 6.45) is -3.64. The van der Waals surface area contributed by atoms with E-state index in [1.54, 1.807) is 13.0 Å². The molecule has 0 aromatic heterocycles. The van der Waals surface area contributed by atoms with Gasteiger partial charge in [-0.3, -0.25) is 0 Å². The van der Waals surface area contributed by atoms with Crippen molar-refractivity contribution in [1.82, 2.24) is 9.71 Å². The summed E-state index contributed by atoms with van der Waals surface area (Å²) in [6, 6.07) is 10.3. The summed E-state index contributed by atoms with van der Waals surface area (Å²) in [6.45, 7) is 2.73. The van der Waals surface area contributed by atoms with Gasteiger partial charge in [-0.15, -0.1) is 0 Å². The second-order valence-electron chi connectivity index (χ2n) is 8.54. The molecule has 2 aliphatic heterocycles. The quantitative estimate of drug-likeness (QED) is 0.201. The minimum absolute atomic E-state index is 0.0161. The molecule has 0 atom stereocenters. The molecule has 12 heteroatoms. The van der Waals surface area contributed by atoms with Gasteiger partial charge in [0.05, 0.1) is 10.6 Å². The topological polar surface area (TPSA) is 81.4 Å². The number of hydrogen-bond acceptors (Lipinski definition) is 5. The highest BCUT2D eigenvalue weighted by atomic mass is 79.9. The number of pyridine rings is 1. The molecule has 36 heavy (non-hydrogen) atoms. The molecule has 2 aromatic rings. The van der Waals surface area contributed by atoms with Crippen molar-refractivity contribution in [1.29, 1.82) is 0 Å². The van der Waals surface area contributed by atoms with E-state index in [1.807, 2.05) is 0 Å². The Hall–Kier alpha value is -3.12. The highest BCUT2D eigenvalue weighted by Crippen LogP contribution is 2.45. The van der Waals surface area contributed by atoms with Crippen molar-refractivity contribution in [2.45, 2.75) is 36.6 Å². The number of rotatable bonds is 5. The average Bonchev–Trinajstić information content (AvgIpc) is 3.28. The van der Waals surface area contributed by atoms with Gasteiger partial charge in [0.15, 0.2) is 32.0 Å². The van der Waals surface area contributed by atoms with E-state index in [-0.39, 0.29) is 22.9 Å². The molecule has 0 aliphatic carbocycles. The van der Waals surface area contributed by atoms with Gasteiger partial charge in [0.25, 0.3) is 0 Å². The maximum Gasteiger partial charge on any atom is 0.408 e. The molecular weight excluding hydrogens is 568 g/mol. The minimum Gasteiger partial charge on any atom is -0.454 e. The van der Waals surface area contributed by atoms with E-state index < -0.39 is 31.5 Å². The van der Waals surface area contributed by atoms with Gasteiger partial charge in [-0.05, 0) is 74.9 Å². The zero-order valence-corrected chi connectivity index (χ0v) is 21.5. The summed E-state index contributed by atoms with van der Waals surface area (Å²) in [5.41, 5.74) is 1.06. The maximum atomic E-state index is 14.5. The summed E-state index contributed by atoms with van der Waals surface area (Å²) < 4.78 is 85.6. The molecule has 0 saturated heterocycles. The molecule has 0 bridgehead atoms. The molecule has 0 unspecified atom stereocenters. The number of fused-ring (bicyclic) bond motifs is 1. The Bertz CT molecular complexity index is 1550. The minimum atomic E-state index is -5.05. The number of benzene rings is 2. The number of aromatic nitrogens is 2. The number of ether oxygens (including phenoxy) is 1. The van der Waals surface area contributed by atoms with Gasteiger partial charge in [-0.2, -0.15) is 17.9 Å². The highest BCUT2D eigenvalue weighted by molar-refractivity contribution is 9.10. The Labute approximate surface area is 212 Å². The molecule has 2 aliphatic rings. The molecular formula is C24H19BrF4N2O4S. The van der Waals surface area contributed by atoms with Crippen LogP contribution in [0.2, 0.25) is 0 Å². The number of nitrogens with zero attached hydrogens (tertiary/aromatic N) is 2. The van der Waals surface area contributed by atoms with Gasteiger partial charge >= 0.3 is 6.18 Å². The Morgan fingerprint density at radius 1 is 0.972 bits per heavy atom. The lowest BCUT2D eigenvalue weighted by atomic mass is 9.98. The van der Waals surface area contributed by atoms with Crippen LogP contribution in [0.3, 0.4) is 0 Å². The first-order valence-electron chi connectivity index (χ1n) is 10.4. The third kappa shape index (κ3) is 4.21. The molecule has 2 aromatic carbocycles. The summed E-state index contributed by atoms with van der Waals surface area (Å²) >= 11 is 3.15. The second kappa shape index (κ2) is 8.77. The number of aryl methyl sites for hydroxylation is 1. The van der Waals surface area contributed by atoms with E-state index in [1.165, 1.54) is 36.5 Å². The van der Waals surface area contributed by atoms with Crippen LogP contribution in [0.1, 0.15) is 19.5 Å². The number of hydrogen-bond donors (Lipinski definition) is 1. The van der Waals surface area contributed by atoms with Crippen LogP contribution >= 0.6 is 15.9 Å². The first-order valence-corrected chi connectivity index (χ1v) is 12.7. The first-order chi connectivity index (χ1) is 16.6. The SMILES string of the molecule is Cc1cc(-c2cc(S(=O)(=O)C(C)(C)C(F)(F)F)ccc2Oc2ccc(Br)cc2F)c2ccnc-2n1O. The van der Waals surface area contributed by atoms with E-state index in [0.29, 0.717) is 35.1 Å². The van der Waals surface area contributed by atoms with Gasteiger partial charge in [-0.1, -0.05) is 15.9 Å². The van der Waals surface area contributed by atoms with Crippen LogP contribution < -0.4 is 4.74 Å². The van der Waals surface area contributed by atoms with Crippen LogP contribution in [0.4, 0.5) is 17.6 Å². The van der Waals surface area contributed by atoms with Crippen molar-refractivity contribution >= 4 is 25.8 Å². The smallest absolute Gasteiger partial charge is 0.408 e. The van der Waals surface area contributed by atoms with E-state index in [0.717, 1.165) is 16.9 Å². The van der Waals surface area contributed by atoms with Gasteiger partial charge in [0, 0.05) is 21.8 Å². The van der Waals surface area contributed by atoms with Crippen LogP contribution in [-0.4, -0.2) is 34.3 Å². The fourth-order valence-electron chi connectivity index (χ4n) is 3.54. The lowest BCUT2D eigenvalue weighted by Gasteiger charge is -2.28. The zero-order valence-electron chi connectivity index (χ0n) is 19.1. The number of halogens is 5. The third-order valence-electron chi connectivity index (χ3n) is 5.88. The predicted octanol–water partition coefficient (Wildman–Crippen LogP) is 7.01. The summed E-state index contributed by atoms with van der Waals surface area (Å²) in [5, 5.41) is 10.3. The first kappa shape index (κ1) is 26.0. The van der Waals surface area contributed by atoms with Crippen molar-refractivity contribution in [3.05, 3.63) is 70.7 Å². The van der Waals surface area contributed by atoms with Crippen LogP contribution in [0, 0.1) is 12.7 Å². The molecule has 1 N–H and O–H groups in total. The molecule has 6 nitrogen and oxygen atoms in total. The van der Waals surface area contributed by atoms with Crippen molar-refractivity contribution in [3.8, 4) is 34.0 Å². The van der Waals surface area contributed by atoms with E-state index in [4.69, 9.17) is 4.74 Å². The van der Waals surface area contributed by atoms with Crippen LogP contribution in [0.25, 0.3) is 22.5 Å². The third-order valence-corrected chi connectivity index (χ3v) is 8.82. The Balaban J connectivity index is 1.98. The molecule has 0 radical (unpaired) electrons. The average molecular weight is 587 g/mol. The van der Waals surface area contributed by atoms with E-state index in [2.05, 4.69) is 20.9 Å². The number of sulfone groups is 1. The van der Waals surface area contributed by atoms with Gasteiger partial charge in [0.2, 0.25) is 0 Å². The normalized spacial score (nSPS) is 12.8. The monoisotopic (exact) mass is 586 g/mol. The predicted molar refractivity (Wildman–Crippen MR) is 128 cm³/mol. The van der Waals surface area contributed by atoms with Crippen LogP contribution in [0.15, 0.2) is 64.1 Å². The summed E-state index contributed by atoms with van der Waals surface area (Å²) in [4.78, 5) is 3.48. The van der Waals surface area contributed by atoms with Crippen molar-refractivity contribution < 1.29 is 35.9 Å². The van der Waals surface area contributed by atoms with E-state index >= 15 is 0 Å². The zero-order chi connectivity index (χ0) is 26.6. The standard InChI is InChI=1S/C24H19BrF4N2O4S/c1-13-10-17(16-8-9-30-22(16)31(13)32)18-12-15(36(33,34)23(2,3)24(27,28)29)5-7-20(18)35-21-6-4-14(25)11-19(21)26/h4-12,32H,1-3H3. The molecule has 2 heterocycles. The van der Waals surface area contributed by atoms with Crippen molar-refractivity contribution in [3.63, 3.8) is 0 Å². The lowest BCUT2D eigenvalue weighted by molar-refractivity contribution is -0.153. The maximum absolute atomic E-state index is 14.5. The van der Waals surface area contributed by atoms with Crippen LogP contribution in [-0.2, 0) is 9.84 Å². The molecule has 0 amide bonds. The molecule has 190 valence electrons. The van der Waals surface area contributed by atoms with Crippen molar-refractivity contribution in [2.24, 2.45) is 0 Å². The molecule has 0 saturated carbocycles.